The van der Waals surface area contributed by atoms with E-state index < -0.39 is 0 Å². The van der Waals surface area contributed by atoms with Gasteiger partial charge in [-0.15, -0.1) is 0 Å². The summed E-state index contributed by atoms with van der Waals surface area (Å²) in [6.45, 7) is 3.81. The summed E-state index contributed by atoms with van der Waals surface area (Å²) in [6.07, 6.45) is 1.07. The van der Waals surface area contributed by atoms with Crippen molar-refractivity contribution < 1.29 is 4.92 Å². The highest BCUT2D eigenvalue weighted by Gasteiger charge is 2.15. The lowest BCUT2D eigenvalue weighted by Gasteiger charge is -2.16. The van der Waals surface area contributed by atoms with Crippen LogP contribution in [0.2, 0.25) is 0 Å². The van der Waals surface area contributed by atoms with Gasteiger partial charge >= 0.3 is 0 Å². The first-order chi connectivity index (χ1) is 7.56. The van der Waals surface area contributed by atoms with E-state index in [0.29, 0.717) is 4.47 Å². The van der Waals surface area contributed by atoms with Crippen LogP contribution < -0.4 is 0 Å². The van der Waals surface area contributed by atoms with Crippen molar-refractivity contribution in [3.63, 3.8) is 0 Å². The first-order valence-electron chi connectivity index (χ1n) is 5.16. The van der Waals surface area contributed by atoms with Crippen molar-refractivity contribution in [1.82, 2.24) is 4.90 Å². The van der Waals surface area contributed by atoms with Gasteiger partial charge in [0.05, 0.1) is 9.40 Å². The maximum Gasteiger partial charge on any atom is 0.283 e. The summed E-state index contributed by atoms with van der Waals surface area (Å²) in [5.41, 5.74) is 1.08. The molecule has 1 aromatic rings. The summed E-state index contributed by atoms with van der Waals surface area (Å²) in [4.78, 5) is 12.5. The van der Waals surface area contributed by atoms with Crippen LogP contribution >= 0.6 is 15.9 Å². The average molecular weight is 287 g/mol. The van der Waals surface area contributed by atoms with Crippen LogP contribution in [0.25, 0.3) is 0 Å². The van der Waals surface area contributed by atoms with E-state index in [-0.39, 0.29) is 10.6 Å². The normalized spacial score (nSPS) is 10.8. The van der Waals surface area contributed by atoms with Crippen LogP contribution in [-0.2, 0) is 6.54 Å². The average Bonchev–Trinajstić information content (AvgIpc) is 2.21. The Balaban J connectivity index is 2.89. The summed E-state index contributed by atoms with van der Waals surface area (Å²) in [6, 6.07) is 5.13. The molecule has 0 heterocycles. The van der Waals surface area contributed by atoms with E-state index >= 15 is 0 Å². The lowest BCUT2D eigenvalue weighted by Crippen LogP contribution is -2.18. The fourth-order valence-corrected chi connectivity index (χ4v) is 2.12. The number of rotatable bonds is 5. The quantitative estimate of drug-likeness (QED) is 0.617. The molecule has 0 aliphatic heterocycles. The molecule has 0 fully saturated rings. The number of nitrogens with zero attached hydrogens (tertiary/aromatic N) is 2. The Kier molecular flexibility index (Phi) is 4.89. The SMILES string of the molecule is CCCN(C)Cc1cccc([N+](=O)[O-])c1Br. The third kappa shape index (κ3) is 3.28. The molecule has 88 valence electrons. The second-order valence-electron chi connectivity index (χ2n) is 3.75. The summed E-state index contributed by atoms with van der Waals surface area (Å²) in [5, 5.41) is 10.7. The van der Waals surface area contributed by atoms with Crippen LogP contribution in [-0.4, -0.2) is 23.4 Å². The minimum atomic E-state index is -0.368. The van der Waals surface area contributed by atoms with E-state index in [4.69, 9.17) is 0 Å². The van der Waals surface area contributed by atoms with Gasteiger partial charge in [0.1, 0.15) is 0 Å². The maximum absolute atomic E-state index is 10.7. The van der Waals surface area contributed by atoms with E-state index in [1.54, 1.807) is 6.07 Å². The lowest BCUT2D eigenvalue weighted by atomic mass is 10.2. The highest BCUT2D eigenvalue weighted by molar-refractivity contribution is 9.10. The Morgan fingerprint density at radius 2 is 2.19 bits per heavy atom. The van der Waals surface area contributed by atoms with Crippen LogP contribution in [0.3, 0.4) is 0 Å². The van der Waals surface area contributed by atoms with E-state index in [0.717, 1.165) is 25.1 Å². The maximum atomic E-state index is 10.7. The fraction of sp³-hybridized carbons (Fsp3) is 0.455. The van der Waals surface area contributed by atoms with Gasteiger partial charge in [-0.2, -0.15) is 0 Å². The van der Waals surface area contributed by atoms with Crippen molar-refractivity contribution in [2.45, 2.75) is 19.9 Å². The molecule has 16 heavy (non-hydrogen) atoms. The molecule has 0 spiro atoms. The van der Waals surface area contributed by atoms with Crippen molar-refractivity contribution in [2.75, 3.05) is 13.6 Å². The zero-order chi connectivity index (χ0) is 12.1. The lowest BCUT2D eigenvalue weighted by molar-refractivity contribution is -0.385. The number of nitro groups is 1. The molecule has 4 nitrogen and oxygen atoms in total. The van der Waals surface area contributed by atoms with Gasteiger partial charge in [-0.05, 0) is 41.5 Å². The molecule has 0 saturated heterocycles. The van der Waals surface area contributed by atoms with Crippen molar-refractivity contribution in [2.24, 2.45) is 0 Å². The van der Waals surface area contributed by atoms with E-state index in [1.807, 2.05) is 13.1 Å². The first-order valence-corrected chi connectivity index (χ1v) is 5.96. The molecular weight excluding hydrogens is 272 g/mol. The molecule has 5 heteroatoms. The van der Waals surface area contributed by atoms with Gasteiger partial charge in [0, 0.05) is 12.6 Å². The fourth-order valence-electron chi connectivity index (χ4n) is 1.58. The molecule has 0 N–H and O–H groups in total. The second-order valence-corrected chi connectivity index (χ2v) is 4.54. The van der Waals surface area contributed by atoms with Gasteiger partial charge in [-0.3, -0.25) is 10.1 Å². The van der Waals surface area contributed by atoms with Gasteiger partial charge in [-0.1, -0.05) is 19.1 Å². The molecule has 0 amide bonds. The van der Waals surface area contributed by atoms with Gasteiger partial charge in [-0.25, -0.2) is 0 Å². The standard InChI is InChI=1S/C11H15BrN2O2/c1-3-7-13(2)8-9-5-4-6-10(11(9)12)14(15)16/h4-6H,3,7-8H2,1-2H3. The molecule has 1 aromatic carbocycles. The predicted octanol–water partition coefficient (Wildman–Crippen LogP) is 3.20. The Bertz CT molecular complexity index is 382. The summed E-state index contributed by atoms with van der Waals surface area (Å²) in [5.74, 6) is 0. The number of hydrogen-bond acceptors (Lipinski definition) is 3. The van der Waals surface area contributed by atoms with Crippen LogP contribution in [0.5, 0.6) is 0 Å². The van der Waals surface area contributed by atoms with Crippen LogP contribution in [0.1, 0.15) is 18.9 Å². The second kappa shape index (κ2) is 5.96. The number of hydrogen-bond donors (Lipinski definition) is 0. The third-order valence-corrected chi connectivity index (χ3v) is 3.22. The number of benzene rings is 1. The van der Waals surface area contributed by atoms with Crippen molar-refractivity contribution >= 4 is 21.6 Å². The zero-order valence-corrected chi connectivity index (χ0v) is 11.0. The van der Waals surface area contributed by atoms with Crippen molar-refractivity contribution in [1.29, 1.82) is 0 Å². The Morgan fingerprint density at radius 3 is 2.75 bits per heavy atom. The molecule has 0 bridgehead atoms. The number of halogens is 1. The van der Waals surface area contributed by atoms with Gasteiger partial charge in [0.25, 0.3) is 5.69 Å². The minimum absolute atomic E-state index is 0.127. The summed E-state index contributed by atoms with van der Waals surface area (Å²) < 4.78 is 0.586. The third-order valence-electron chi connectivity index (χ3n) is 2.30. The van der Waals surface area contributed by atoms with E-state index in [1.165, 1.54) is 6.07 Å². The van der Waals surface area contributed by atoms with Crippen LogP contribution in [0, 0.1) is 10.1 Å². The van der Waals surface area contributed by atoms with Gasteiger partial charge in [0.15, 0.2) is 0 Å². The van der Waals surface area contributed by atoms with Crippen molar-refractivity contribution in [3.8, 4) is 0 Å². The molecule has 0 aliphatic rings. The summed E-state index contributed by atoms with van der Waals surface area (Å²) >= 11 is 3.29. The Hall–Kier alpha value is -0.940. The monoisotopic (exact) mass is 286 g/mol. The molecular formula is C11H15BrN2O2. The smallest absolute Gasteiger partial charge is 0.283 e. The highest BCUT2D eigenvalue weighted by Crippen LogP contribution is 2.28. The largest absolute Gasteiger partial charge is 0.302 e. The minimum Gasteiger partial charge on any atom is -0.302 e. The predicted molar refractivity (Wildman–Crippen MR) is 67.4 cm³/mol. The zero-order valence-electron chi connectivity index (χ0n) is 9.44. The number of nitro benzene ring substituents is 1. The van der Waals surface area contributed by atoms with Gasteiger partial charge in [0.2, 0.25) is 0 Å². The molecule has 0 radical (unpaired) electrons. The molecule has 0 aliphatic carbocycles. The Morgan fingerprint density at radius 1 is 1.50 bits per heavy atom. The molecule has 0 unspecified atom stereocenters. The van der Waals surface area contributed by atoms with Crippen LogP contribution in [0.4, 0.5) is 5.69 Å². The summed E-state index contributed by atoms with van der Waals surface area (Å²) in [7, 11) is 2.01. The molecule has 0 atom stereocenters. The van der Waals surface area contributed by atoms with Gasteiger partial charge < -0.3 is 4.90 Å². The van der Waals surface area contributed by atoms with E-state index in [2.05, 4.69) is 27.8 Å². The Labute approximate surface area is 104 Å². The van der Waals surface area contributed by atoms with Crippen LogP contribution in [0.15, 0.2) is 22.7 Å². The molecule has 0 saturated carbocycles. The molecule has 0 aromatic heterocycles. The first kappa shape index (κ1) is 13.1. The topological polar surface area (TPSA) is 46.4 Å². The van der Waals surface area contributed by atoms with E-state index in [9.17, 15) is 10.1 Å². The van der Waals surface area contributed by atoms with Crippen molar-refractivity contribution in [3.05, 3.63) is 38.3 Å². The highest BCUT2D eigenvalue weighted by atomic mass is 79.9. The molecule has 1 rings (SSSR count).